The molecule has 0 radical (unpaired) electrons. The van der Waals surface area contributed by atoms with Crippen LogP contribution < -0.4 is 0 Å². The fourth-order valence-electron chi connectivity index (χ4n) is 3.76. The van der Waals surface area contributed by atoms with Gasteiger partial charge in [-0.2, -0.15) is 0 Å². The Bertz CT molecular complexity index is 559. The van der Waals surface area contributed by atoms with Gasteiger partial charge in [0.05, 0.1) is 24.5 Å². The van der Waals surface area contributed by atoms with Crippen molar-refractivity contribution in [2.75, 3.05) is 6.54 Å². The Labute approximate surface area is 124 Å². The molecule has 3 atom stereocenters. The third-order valence-electron chi connectivity index (χ3n) is 4.87. The first-order valence-electron chi connectivity index (χ1n) is 7.58. The Morgan fingerprint density at radius 3 is 2.33 bits per heavy atom. The maximum Gasteiger partial charge on any atom is 0.233 e. The van der Waals surface area contributed by atoms with Crippen LogP contribution in [0.5, 0.6) is 0 Å². The number of rotatable bonds is 3. The number of imide groups is 1. The molecule has 112 valence electrons. The zero-order chi connectivity index (χ0) is 15.1. The standard InChI is InChI=1S/C17H21NO3/c1-10-7-13-14(8-10)17(21)18(16(13)20)9-15(19)12-6-4-3-5-11(12)2/h3-6,10,13-15,19H,7-9H2,1-2H3. The summed E-state index contributed by atoms with van der Waals surface area (Å²) >= 11 is 0. The predicted molar refractivity (Wildman–Crippen MR) is 78.2 cm³/mol. The van der Waals surface area contributed by atoms with Crippen LogP contribution in [0.15, 0.2) is 24.3 Å². The van der Waals surface area contributed by atoms with Gasteiger partial charge in [0, 0.05) is 0 Å². The van der Waals surface area contributed by atoms with E-state index in [1.54, 1.807) is 0 Å². The first kappa shape index (κ1) is 14.3. The highest BCUT2D eigenvalue weighted by atomic mass is 16.3. The number of nitrogens with zero attached hydrogens (tertiary/aromatic N) is 1. The molecule has 21 heavy (non-hydrogen) atoms. The van der Waals surface area contributed by atoms with E-state index in [9.17, 15) is 14.7 Å². The number of fused-ring (bicyclic) bond motifs is 1. The average molecular weight is 287 g/mol. The molecule has 4 nitrogen and oxygen atoms in total. The van der Waals surface area contributed by atoms with Crippen molar-refractivity contribution in [1.29, 1.82) is 0 Å². The van der Waals surface area contributed by atoms with Gasteiger partial charge in [-0.1, -0.05) is 31.2 Å². The second-order valence-corrected chi connectivity index (χ2v) is 6.45. The highest BCUT2D eigenvalue weighted by Gasteiger charge is 2.51. The van der Waals surface area contributed by atoms with Crippen molar-refractivity contribution in [2.24, 2.45) is 17.8 Å². The molecule has 1 saturated carbocycles. The molecular formula is C17H21NO3. The quantitative estimate of drug-likeness (QED) is 0.866. The summed E-state index contributed by atoms with van der Waals surface area (Å²) in [7, 11) is 0. The smallest absolute Gasteiger partial charge is 0.233 e. The minimum atomic E-state index is -0.810. The molecule has 2 amide bonds. The predicted octanol–water partition coefficient (Wildman–Crippen LogP) is 2.06. The molecule has 0 aromatic heterocycles. The fourth-order valence-corrected chi connectivity index (χ4v) is 3.76. The zero-order valence-corrected chi connectivity index (χ0v) is 12.5. The fraction of sp³-hybridized carbons (Fsp3) is 0.529. The van der Waals surface area contributed by atoms with Crippen molar-refractivity contribution in [3.8, 4) is 0 Å². The Morgan fingerprint density at radius 1 is 1.19 bits per heavy atom. The van der Waals surface area contributed by atoms with Gasteiger partial charge in [-0.05, 0) is 36.8 Å². The molecule has 1 aromatic carbocycles. The van der Waals surface area contributed by atoms with Crippen LogP contribution in [0.3, 0.4) is 0 Å². The van der Waals surface area contributed by atoms with Crippen molar-refractivity contribution >= 4 is 11.8 Å². The number of hydrogen-bond acceptors (Lipinski definition) is 3. The lowest BCUT2D eigenvalue weighted by Crippen LogP contribution is -2.36. The van der Waals surface area contributed by atoms with E-state index in [2.05, 4.69) is 6.92 Å². The summed E-state index contributed by atoms with van der Waals surface area (Å²) in [5.41, 5.74) is 1.75. The van der Waals surface area contributed by atoms with E-state index >= 15 is 0 Å². The number of hydrogen-bond donors (Lipinski definition) is 1. The van der Waals surface area contributed by atoms with Crippen molar-refractivity contribution in [3.63, 3.8) is 0 Å². The Balaban J connectivity index is 1.76. The molecule has 3 unspecified atom stereocenters. The topological polar surface area (TPSA) is 57.6 Å². The van der Waals surface area contributed by atoms with Gasteiger partial charge in [-0.15, -0.1) is 0 Å². The van der Waals surface area contributed by atoms with Crippen LogP contribution in [0.4, 0.5) is 0 Å². The molecule has 1 heterocycles. The molecule has 2 aliphatic rings. The van der Waals surface area contributed by atoms with Gasteiger partial charge in [0.15, 0.2) is 0 Å². The van der Waals surface area contributed by atoms with Crippen molar-refractivity contribution in [1.82, 2.24) is 4.90 Å². The van der Waals surface area contributed by atoms with Gasteiger partial charge >= 0.3 is 0 Å². The summed E-state index contributed by atoms with van der Waals surface area (Å²) in [6.45, 7) is 4.08. The van der Waals surface area contributed by atoms with E-state index in [-0.39, 0.29) is 30.2 Å². The lowest BCUT2D eigenvalue weighted by Gasteiger charge is -2.21. The van der Waals surface area contributed by atoms with Gasteiger partial charge in [-0.25, -0.2) is 0 Å². The Hall–Kier alpha value is -1.68. The normalized spacial score (nSPS) is 29.9. The Morgan fingerprint density at radius 2 is 1.76 bits per heavy atom. The number of carbonyl (C=O) groups is 2. The summed E-state index contributed by atoms with van der Waals surface area (Å²) in [4.78, 5) is 26.1. The number of aryl methyl sites for hydroxylation is 1. The van der Waals surface area contributed by atoms with E-state index in [1.165, 1.54) is 4.90 Å². The van der Waals surface area contributed by atoms with Crippen LogP contribution in [0.2, 0.25) is 0 Å². The van der Waals surface area contributed by atoms with Crippen LogP contribution in [0.1, 0.15) is 37.0 Å². The van der Waals surface area contributed by atoms with Gasteiger partial charge in [0.25, 0.3) is 0 Å². The van der Waals surface area contributed by atoms with Crippen LogP contribution >= 0.6 is 0 Å². The minimum absolute atomic E-state index is 0.0733. The lowest BCUT2D eigenvalue weighted by atomic mass is 10.00. The van der Waals surface area contributed by atoms with Gasteiger partial charge in [-0.3, -0.25) is 14.5 Å². The minimum Gasteiger partial charge on any atom is -0.387 e. The molecule has 1 aliphatic heterocycles. The van der Waals surface area contributed by atoms with E-state index in [1.807, 2.05) is 31.2 Å². The maximum absolute atomic E-state index is 12.4. The number of amides is 2. The second kappa shape index (κ2) is 5.26. The number of benzene rings is 1. The number of β-amino-alcohol motifs (C(OH)–C–C–N with tert-alkyl or cyclic N) is 1. The third kappa shape index (κ3) is 2.38. The molecule has 1 N–H and O–H groups in total. The number of aliphatic hydroxyl groups excluding tert-OH is 1. The zero-order valence-electron chi connectivity index (χ0n) is 12.5. The van der Waals surface area contributed by atoms with E-state index in [4.69, 9.17) is 0 Å². The molecule has 3 rings (SSSR count). The molecule has 0 spiro atoms. The van der Waals surface area contributed by atoms with Crippen LogP contribution in [0.25, 0.3) is 0 Å². The summed E-state index contributed by atoms with van der Waals surface area (Å²) in [6, 6.07) is 7.52. The number of likely N-dealkylation sites (tertiary alicyclic amines) is 1. The monoisotopic (exact) mass is 287 g/mol. The highest BCUT2D eigenvalue weighted by Crippen LogP contribution is 2.43. The van der Waals surface area contributed by atoms with Gasteiger partial charge in [0.2, 0.25) is 11.8 Å². The van der Waals surface area contributed by atoms with Crippen molar-refractivity contribution < 1.29 is 14.7 Å². The van der Waals surface area contributed by atoms with Crippen molar-refractivity contribution in [2.45, 2.75) is 32.8 Å². The highest BCUT2D eigenvalue weighted by molar-refractivity contribution is 6.05. The SMILES string of the molecule is Cc1ccccc1C(O)CN1C(=O)C2CC(C)CC2C1=O. The van der Waals surface area contributed by atoms with Crippen LogP contribution in [-0.2, 0) is 9.59 Å². The van der Waals surface area contributed by atoms with E-state index in [0.717, 1.165) is 24.0 Å². The van der Waals surface area contributed by atoms with E-state index < -0.39 is 6.10 Å². The Kier molecular flexibility index (Phi) is 3.57. The summed E-state index contributed by atoms with van der Waals surface area (Å²) in [5.74, 6) is -0.0616. The number of aliphatic hydroxyl groups is 1. The van der Waals surface area contributed by atoms with Crippen molar-refractivity contribution in [3.05, 3.63) is 35.4 Å². The molecule has 1 aliphatic carbocycles. The first-order valence-corrected chi connectivity index (χ1v) is 7.58. The van der Waals surface area contributed by atoms with E-state index in [0.29, 0.717) is 5.92 Å². The second-order valence-electron chi connectivity index (χ2n) is 6.45. The molecule has 1 saturated heterocycles. The first-order chi connectivity index (χ1) is 9.99. The molecule has 2 fully saturated rings. The summed E-state index contributed by atoms with van der Waals surface area (Å²) in [5, 5.41) is 10.4. The lowest BCUT2D eigenvalue weighted by molar-refractivity contribution is -0.142. The van der Waals surface area contributed by atoms with Crippen LogP contribution in [-0.4, -0.2) is 28.4 Å². The van der Waals surface area contributed by atoms with Gasteiger partial charge < -0.3 is 5.11 Å². The summed E-state index contributed by atoms with van der Waals surface area (Å²) in [6.07, 6.45) is 0.786. The van der Waals surface area contributed by atoms with Crippen LogP contribution in [0, 0.1) is 24.7 Å². The molecule has 1 aromatic rings. The maximum atomic E-state index is 12.4. The van der Waals surface area contributed by atoms with Gasteiger partial charge in [0.1, 0.15) is 0 Å². The third-order valence-corrected chi connectivity index (χ3v) is 4.87. The average Bonchev–Trinajstić information content (AvgIpc) is 2.93. The largest absolute Gasteiger partial charge is 0.387 e. The summed E-state index contributed by atoms with van der Waals surface area (Å²) < 4.78 is 0. The number of carbonyl (C=O) groups excluding carboxylic acids is 2. The molecule has 4 heteroatoms. The molecular weight excluding hydrogens is 266 g/mol. The molecule has 0 bridgehead atoms.